The summed E-state index contributed by atoms with van der Waals surface area (Å²) in [6.45, 7) is 8.10. The molecule has 2 heterocycles. The first-order chi connectivity index (χ1) is 14.5. The van der Waals surface area contributed by atoms with E-state index in [0.717, 1.165) is 9.99 Å². The van der Waals surface area contributed by atoms with Gasteiger partial charge >= 0.3 is 0 Å². The summed E-state index contributed by atoms with van der Waals surface area (Å²) >= 11 is 3.45. The van der Waals surface area contributed by atoms with E-state index >= 15 is 0 Å². The molecular formula is C22H18BrN5O2. The summed E-state index contributed by atoms with van der Waals surface area (Å²) in [7, 11) is 0. The van der Waals surface area contributed by atoms with Gasteiger partial charge in [0, 0.05) is 22.9 Å². The maximum Gasteiger partial charge on any atom is 0.263 e. The van der Waals surface area contributed by atoms with E-state index < -0.39 is 0 Å². The number of azo groups is 1. The fraction of sp³-hybridized carbons (Fsp3) is 0.0909. The van der Waals surface area contributed by atoms with Crippen molar-refractivity contribution in [2.24, 2.45) is 10.2 Å². The van der Waals surface area contributed by atoms with Crippen molar-refractivity contribution < 1.29 is 5.11 Å². The molecule has 2 aromatic carbocycles. The normalized spacial score (nSPS) is 11.5. The molecule has 0 saturated heterocycles. The van der Waals surface area contributed by atoms with Crippen LogP contribution < -0.4 is 5.56 Å². The molecule has 0 radical (unpaired) electrons. The zero-order chi connectivity index (χ0) is 21.3. The second-order valence-corrected chi connectivity index (χ2v) is 7.48. The average molecular weight is 464 g/mol. The summed E-state index contributed by atoms with van der Waals surface area (Å²) in [5, 5.41) is 20.5. The smallest absolute Gasteiger partial charge is 0.263 e. The fourth-order valence-corrected chi connectivity index (χ4v) is 3.69. The van der Waals surface area contributed by atoms with Crippen LogP contribution in [0.3, 0.4) is 0 Å². The van der Waals surface area contributed by atoms with Crippen LogP contribution in [-0.2, 0) is 13.1 Å². The predicted molar refractivity (Wildman–Crippen MR) is 122 cm³/mol. The Balaban J connectivity index is 1.92. The first-order valence-corrected chi connectivity index (χ1v) is 9.98. The van der Waals surface area contributed by atoms with E-state index in [1.807, 2.05) is 18.2 Å². The van der Waals surface area contributed by atoms with Crippen LogP contribution in [0.5, 0.6) is 5.88 Å². The van der Waals surface area contributed by atoms with Crippen molar-refractivity contribution in [3.8, 4) is 5.88 Å². The van der Waals surface area contributed by atoms with Gasteiger partial charge in [-0.05, 0) is 30.3 Å². The van der Waals surface area contributed by atoms with Gasteiger partial charge < -0.3 is 9.67 Å². The molecule has 0 aliphatic carbocycles. The number of rotatable bonds is 6. The first-order valence-electron chi connectivity index (χ1n) is 9.19. The topological polar surface area (TPSA) is 84.8 Å². The van der Waals surface area contributed by atoms with Crippen molar-refractivity contribution in [2.75, 3.05) is 0 Å². The summed E-state index contributed by atoms with van der Waals surface area (Å²) in [5.74, 6) is 0.0998. The number of aromatic nitrogens is 3. The minimum atomic E-state index is -0.226. The van der Waals surface area contributed by atoms with Crippen molar-refractivity contribution in [1.82, 2.24) is 14.1 Å². The molecule has 7 nitrogen and oxygen atoms in total. The Morgan fingerprint density at radius 3 is 2.53 bits per heavy atom. The van der Waals surface area contributed by atoms with Gasteiger partial charge in [-0.3, -0.25) is 9.36 Å². The number of para-hydroxylation sites is 1. The van der Waals surface area contributed by atoms with Crippen LogP contribution in [0.1, 0.15) is 0 Å². The standard InChI is InChI=1S/C22H18BrN5O2/c1-3-11-27-18-10-9-14(23)13-16(18)19(21(27)30)25-26-22-24-17-8-6-5-7-15(17)20(29)28(22)12-4-2/h3-10,13,30H,1-2,11-12H2. The van der Waals surface area contributed by atoms with Crippen molar-refractivity contribution in [3.63, 3.8) is 0 Å². The molecule has 0 aliphatic heterocycles. The quantitative estimate of drug-likeness (QED) is 0.298. The van der Waals surface area contributed by atoms with Gasteiger partial charge in [0.2, 0.25) is 5.88 Å². The average Bonchev–Trinajstić information content (AvgIpc) is 2.99. The molecule has 30 heavy (non-hydrogen) atoms. The molecule has 0 aliphatic rings. The molecule has 0 fully saturated rings. The van der Waals surface area contributed by atoms with Gasteiger partial charge in [0.15, 0.2) is 5.69 Å². The molecule has 0 saturated carbocycles. The van der Waals surface area contributed by atoms with Crippen LogP contribution in [0.15, 0.2) is 87.3 Å². The largest absolute Gasteiger partial charge is 0.493 e. The van der Waals surface area contributed by atoms with Crippen molar-refractivity contribution in [3.05, 3.63) is 82.6 Å². The van der Waals surface area contributed by atoms with E-state index in [0.29, 0.717) is 28.5 Å². The lowest BCUT2D eigenvalue weighted by Crippen LogP contribution is -2.20. The number of benzene rings is 2. The molecule has 0 spiro atoms. The molecule has 2 aromatic heterocycles. The third-order valence-corrected chi connectivity index (χ3v) is 5.17. The van der Waals surface area contributed by atoms with Gasteiger partial charge in [-0.15, -0.1) is 23.4 Å². The van der Waals surface area contributed by atoms with Gasteiger partial charge in [-0.2, -0.15) is 0 Å². The zero-order valence-corrected chi connectivity index (χ0v) is 17.6. The number of hydrogen-bond acceptors (Lipinski definition) is 5. The molecule has 0 unspecified atom stereocenters. The SMILES string of the molecule is C=CCn1c(N=Nc2c(O)n(CC=C)c3ccc(Br)cc23)nc2ccccc2c1=O. The Morgan fingerprint density at radius 1 is 1.03 bits per heavy atom. The van der Waals surface area contributed by atoms with Crippen LogP contribution in [0, 0.1) is 0 Å². The Bertz CT molecular complexity index is 1380. The summed E-state index contributed by atoms with van der Waals surface area (Å²) in [6, 6.07) is 12.7. The molecule has 1 N–H and O–H groups in total. The van der Waals surface area contributed by atoms with E-state index in [4.69, 9.17) is 0 Å². The summed E-state index contributed by atoms with van der Waals surface area (Å²) < 4.78 is 3.93. The number of fused-ring (bicyclic) bond motifs is 2. The fourth-order valence-electron chi connectivity index (χ4n) is 3.33. The van der Waals surface area contributed by atoms with Gasteiger partial charge in [-0.25, -0.2) is 4.98 Å². The second-order valence-electron chi connectivity index (χ2n) is 6.57. The number of hydrogen-bond donors (Lipinski definition) is 1. The van der Waals surface area contributed by atoms with Crippen molar-refractivity contribution in [1.29, 1.82) is 0 Å². The summed E-state index contributed by atoms with van der Waals surface area (Å²) in [6.07, 6.45) is 3.29. The van der Waals surface area contributed by atoms with E-state index in [-0.39, 0.29) is 23.9 Å². The van der Waals surface area contributed by atoms with Crippen molar-refractivity contribution in [2.45, 2.75) is 13.1 Å². The van der Waals surface area contributed by atoms with Gasteiger partial charge in [0.25, 0.3) is 11.5 Å². The maximum atomic E-state index is 12.9. The molecular weight excluding hydrogens is 446 g/mol. The van der Waals surface area contributed by atoms with Gasteiger partial charge in [0.1, 0.15) is 0 Å². The van der Waals surface area contributed by atoms with Crippen LogP contribution >= 0.6 is 15.9 Å². The number of halogens is 1. The Labute approximate surface area is 180 Å². The first kappa shape index (κ1) is 19.8. The molecule has 0 atom stereocenters. The highest BCUT2D eigenvalue weighted by Gasteiger charge is 2.17. The minimum Gasteiger partial charge on any atom is -0.493 e. The van der Waals surface area contributed by atoms with E-state index in [2.05, 4.69) is 44.3 Å². The van der Waals surface area contributed by atoms with Crippen LogP contribution in [0.2, 0.25) is 0 Å². The lowest BCUT2D eigenvalue weighted by atomic mass is 10.2. The van der Waals surface area contributed by atoms with E-state index in [9.17, 15) is 9.90 Å². The van der Waals surface area contributed by atoms with Gasteiger partial charge in [0.05, 0.1) is 16.4 Å². The van der Waals surface area contributed by atoms with E-state index in [1.54, 1.807) is 41.0 Å². The lowest BCUT2D eigenvalue weighted by Gasteiger charge is -2.07. The van der Waals surface area contributed by atoms with Crippen molar-refractivity contribution >= 4 is 49.4 Å². The molecule has 150 valence electrons. The molecule has 4 rings (SSSR count). The summed E-state index contributed by atoms with van der Waals surface area (Å²) in [4.78, 5) is 17.3. The maximum absolute atomic E-state index is 12.9. The van der Waals surface area contributed by atoms with E-state index in [1.165, 1.54) is 4.57 Å². The van der Waals surface area contributed by atoms with Crippen LogP contribution in [0.25, 0.3) is 21.8 Å². The highest BCUT2D eigenvalue weighted by atomic mass is 79.9. The molecule has 4 aromatic rings. The highest BCUT2D eigenvalue weighted by Crippen LogP contribution is 2.40. The molecule has 0 bridgehead atoms. The third-order valence-electron chi connectivity index (χ3n) is 4.68. The Hall–Kier alpha value is -3.52. The number of nitrogens with zero attached hydrogens (tertiary/aromatic N) is 5. The minimum absolute atomic E-state index is 0.0369. The Kier molecular flexibility index (Phi) is 5.33. The monoisotopic (exact) mass is 463 g/mol. The number of allylic oxidation sites excluding steroid dienone is 2. The second kappa shape index (κ2) is 8.08. The predicted octanol–water partition coefficient (Wildman–Crippen LogP) is 5.61. The van der Waals surface area contributed by atoms with Gasteiger partial charge in [-0.1, -0.05) is 40.2 Å². The highest BCUT2D eigenvalue weighted by molar-refractivity contribution is 9.10. The number of aromatic hydroxyl groups is 1. The third kappa shape index (κ3) is 3.35. The Morgan fingerprint density at radius 2 is 1.77 bits per heavy atom. The molecule has 0 amide bonds. The summed E-state index contributed by atoms with van der Waals surface area (Å²) in [5.41, 5.74) is 1.38. The zero-order valence-electron chi connectivity index (χ0n) is 16.0. The van der Waals surface area contributed by atoms with Crippen LogP contribution in [-0.4, -0.2) is 19.2 Å². The lowest BCUT2D eigenvalue weighted by molar-refractivity contribution is 0.431. The molecule has 8 heteroatoms. The van der Waals surface area contributed by atoms with Crippen LogP contribution in [0.4, 0.5) is 11.6 Å².